The molecule has 1 N–H and O–H groups in total. The molecule has 1 aromatic carbocycles. The third kappa shape index (κ3) is 2.63. The second kappa shape index (κ2) is 5.56. The van der Waals surface area contributed by atoms with Gasteiger partial charge in [-0.25, -0.2) is 13.8 Å². The molecule has 92 valence electrons. The highest BCUT2D eigenvalue weighted by molar-refractivity contribution is 7.09. The summed E-state index contributed by atoms with van der Waals surface area (Å²) in [5, 5.41) is 14.1. The standard InChI is InChI=1S/C12H9F2N3S/c13-11-8(7-15)1-2-9(12(11)14)16-4-3-10-17-5-6-18-10/h1-2,5-6,16H,3-4H2. The van der Waals surface area contributed by atoms with Gasteiger partial charge in [0.2, 0.25) is 0 Å². The predicted octanol–water partition coefficient (Wildman–Crippen LogP) is 2.95. The van der Waals surface area contributed by atoms with Crippen LogP contribution >= 0.6 is 11.3 Å². The molecule has 3 nitrogen and oxygen atoms in total. The van der Waals surface area contributed by atoms with Crippen molar-refractivity contribution in [2.45, 2.75) is 6.42 Å². The first-order valence-corrected chi connectivity index (χ1v) is 6.10. The number of aromatic nitrogens is 1. The van der Waals surface area contributed by atoms with E-state index in [9.17, 15) is 8.78 Å². The number of nitrogens with one attached hydrogen (secondary N) is 1. The highest BCUT2D eigenvalue weighted by Crippen LogP contribution is 2.20. The van der Waals surface area contributed by atoms with Crippen LogP contribution in [-0.2, 0) is 6.42 Å². The van der Waals surface area contributed by atoms with Gasteiger partial charge in [-0.15, -0.1) is 11.3 Å². The Morgan fingerprint density at radius 3 is 2.83 bits per heavy atom. The molecule has 0 spiro atoms. The Bertz CT molecular complexity index is 576. The van der Waals surface area contributed by atoms with Gasteiger partial charge in [0.15, 0.2) is 11.6 Å². The van der Waals surface area contributed by atoms with E-state index in [4.69, 9.17) is 5.26 Å². The highest BCUT2D eigenvalue weighted by Gasteiger charge is 2.12. The average Bonchev–Trinajstić information content (AvgIpc) is 2.88. The minimum atomic E-state index is -1.11. The van der Waals surface area contributed by atoms with Crippen LogP contribution in [0.2, 0.25) is 0 Å². The topological polar surface area (TPSA) is 48.7 Å². The summed E-state index contributed by atoms with van der Waals surface area (Å²) in [6, 6.07) is 4.20. The molecular formula is C12H9F2N3S. The van der Waals surface area contributed by atoms with Gasteiger partial charge in [-0.1, -0.05) is 0 Å². The Balaban J connectivity index is 2.02. The Kier molecular flexibility index (Phi) is 3.85. The molecule has 0 saturated carbocycles. The number of rotatable bonds is 4. The molecule has 2 aromatic rings. The predicted molar refractivity (Wildman–Crippen MR) is 65.4 cm³/mol. The van der Waals surface area contributed by atoms with E-state index in [0.29, 0.717) is 13.0 Å². The van der Waals surface area contributed by atoms with Crippen molar-refractivity contribution in [1.82, 2.24) is 4.98 Å². The maximum Gasteiger partial charge on any atom is 0.183 e. The maximum absolute atomic E-state index is 13.5. The van der Waals surface area contributed by atoms with Gasteiger partial charge >= 0.3 is 0 Å². The molecular weight excluding hydrogens is 256 g/mol. The molecule has 1 aromatic heterocycles. The molecule has 0 amide bonds. The van der Waals surface area contributed by atoms with Crippen molar-refractivity contribution in [3.63, 3.8) is 0 Å². The van der Waals surface area contributed by atoms with Gasteiger partial charge in [-0.05, 0) is 12.1 Å². The molecule has 0 unspecified atom stereocenters. The Hall–Kier alpha value is -2.00. The first-order valence-electron chi connectivity index (χ1n) is 5.22. The monoisotopic (exact) mass is 265 g/mol. The van der Waals surface area contributed by atoms with Crippen LogP contribution in [0.15, 0.2) is 23.7 Å². The molecule has 0 atom stereocenters. The number of anilines is 1. The number of hydrogen-bond donors (Lipinski definition) is 1. The lowest BCUT2D eigenvalue weighted by atomic mass is 10.2. The molecule has 6 heteroatoms. The van der Waals surface area contributed by atoms with Gasteiger partial charge in [-0.3, -0.25) is 0 Å². The van der Waals surface area contributed by atoms with Gasteiger partial charge in [0.1, 0.15) is 6.07 Å². The van der Waals surface area contributed by atoms with Gasteiger partial charge in [0.05, 0.1) is 16.3 Å². The molecule has 18 heavy (non-hydrogen) atoms. The van der Waals surface area contributed by atoms with Crippen molar-refractivity contribution in [3.8, 4) is 6.07 Å². The summed E-state index contributed by atoms with van der Waals surface area (Å²) in [6.07, 6.45) is 2.33. The SMILES string of the molecule is N#Cc1ccc(NCCc2nccs2)c(F)c1F. The number of nitrogens with zero attached hydrogens (tertiary/aromatic N) is 2. The molecule has 0 fully saturated rings. The van der Waals surface area contributed by atoms with Crippen LogP contribution in [0.3, 0.4) is 0 Å². The molecule has 0 aliphatic carbocycles. The van der Waals surface area contributed by atoms with E-state index in [2.05, 4.69) is 10.3 Å². The van der Waals surface area contributed by atoms with Gasteiger partial charge < -0.3 is 5.32 Å². The molecule has 0 radical (unpaired) electrons. The zero-order chi connectivity index (χ0) is 13.0. The van der Waals surface area contributed by atoms with Crippen molar-refractivity contribution in [3.05, 3.63) is 45.9 Å². The van der Waals surface area contributed by atoms with E-state index >= 15 is 0 Å². The summed E-state index contributed by atoms with van der Waals surface area (Å²) in [5.74, 6) is -2.13. The fourth-order valence-corrected chi connectivity index (χ4v) is 2.07. The minimum Gasteiger partial charge on any atom is -0.382 e. The summed E-state index contributed by atoms with van der Waals surface area (Å²) in [4.78, 5) is 4.08. The number of benzene rings is 1. The highest BCUT2D eigenvalue weighted by atomic mass is 32.1. The number of thiazole rings is 1. The molecule has 2 rings (SSSR count). The summed E-state index contributed by atoms with van der Waals surface area (Å²) >= 11 is 1.51. The van der Waals surface area contributed by atoms with Crippen molar-refractivity contribution >= 4 is 17.0 Å². The molecule has 0 aliphatic heterocycles. The summed E-state index contributed by atoms with van der Waals surface area (Å²) in [5.41, 5.74) is -0.235. The minimum absolute atomic E-state index is 0.0584. The van der Waals surface area contributed by atoms with E-state index < -0.39 is 11.6 Å². The van der Waals surface area contributed by atoms with Crippen molar-refractivity contribution in [1.29, 1.82) is 5.26 Å². The van der Waals surface area contributed by atoms with Gasteiger partial charge in [0.25, 0.3) is 0 Å². The van der Waals surface area contributed by atoms with E-state index in [1.54, 1.807) is 12.3 Å². The number of nitriles is 1. The van der Waals surface area contributed by atoms with Crippen LogP contribution in [0.5, 0.6) is 0 Å². The Morgan fingerprint density at radius 2 is 2.17 bits per heavy atom. The van der Waals surface area contributed by atoms with E-state index in [1.807, 2.05) is 5.38 Å². The van der Waals surface area contributed by atoms with Crippen molar-refractivity contribution in [2.24, 2.45) is 0 Å². The fraction of sp³-hybridized carbons (Fsp3) is 0.167. The third-order valence-corrected chi connectivity index (χ3v) is 3.18. The quantitative estimate of drug-likeness (QED) is 0.924. The van der Waals surface area contributed by atoms with Crippen LogP contribution in [0, 0.1) is 23.0 Å². The fourth-order valence-electron chi connectivity index (χ4n) is 1.45. The van der Waals surface area contributed by atoms with Gasteiger partial charge in [0, 0.05) is 24.5 Å². The normalized spacial score (nSPS) is 10.1. The number of halogens is 2. The zero-order valence-electron chi connectivity index (χ0n) is 9.28. The van der Waals surface area contributed by atoms with Crippen LogP contribution in [0.4, 0.5) is 14.5 Å². The summed E-state index contributed by atoms with van der Waals surface area (Å²) in [7, 11) is 0. The third-order valence-electron chi connectivity index (χ3n) is 2.34. The van der Waals surface area contributed by atoms with E-state index in [-0.39, 0.29) is 11.3 Å². The molecule has 1 heterocycles. The van der Waals surface area contributed by atoms with Gasteiger partial charge in [-0.2, -0.15) is 5.26 Å². The Morgan fingerprint density at radius 1 is 1.33 bits per heavy atom. The summed E-state index contributed by atoms with van der Waals surface area (Å²) in [6.45, 7) is 0.454. The number of hydrogen-bond acceptors (Lipinski definition) is 4. The van der Waals surface area contributed by atoms with Crippen molar-refractivity contribution in [2.75, 3.05) is 11.9 Å². The molecule has 0 bridgehead atoms. The second-order valence-corrected chi connectivity index (χ2v) is 4.48. The smallest absolute Gasteiger partial charge is 0.183 e. The van der Waals surface area contributed by atoms with Crippen LogP contribution in [0.1, 0.15) is 10.6 Å². The molecule has 0 aliphatic rings. The zero-order valence-corrected chi connectivity index (χ0v) is 10.1. The lowest BCUT2D eigenvalue weighted by Gasteiger charge is -2.07. The Labute approximate surface area is 107 Å². The first-order chi connectivity index (χ1) is 8.72. The largest absolute Gasteiger partial charge is 0.382 e. The average molecular weight is 265 g/mol. The van der Waals surface area contributed by atoms with Crippen LogP contribution in [0.25, 0.3) is 0 Å². The lowest BCUT2D eigenvalue weighted by Crippen LogP contribution is -2.07. The first kappa shape index (κ1) is 12.5. The van der Waals surface area contributed by atoms with Crippen molar-refractivity contribution < 1.29 is 8.78 Å². The second-order valence-electron chi connectivity index (χ2n) is 3.50. The van der Waals surface area contributed by atoms with Crippen LogP contribution in [-0.4, -0.2) is 11.5 Å². The van der Waals surface area contributed by atoms with Crippen LogP contribution < -0.4 is 5.32 Å². The van der Waals surface area contributed by atoms with E-state index in [0.717, 1.165) is 5.01 Å². The molecule has 0 saturated heterocycles. The lowest BCUT2D eigenvalue weighted by molar-refractivity contribution is 0.508. The maximum atomic E-state index is 13.5. The summed E-state index contributed by atoms with van der Waals surface area (Å²) < 4.78 is 26.8. The van der Waals surface area contributed by atoms with E-state index in [1.165, 1.54) is 23.5 Å².